The SMILES string of the molecule is Cn1c(=O)c2c(nc3n2CC(c2cccs2)=NN3)n(C)c1=O. The van der Waals surface area contributed by atoms with Crippen LogP contribution in [-0.4, -0.2) is 24.4 Å². The third-order valence-corrected chi connectivity index (χ3v) is 4.67. The molecule has 22 heavy (non-hydrogen) atoms. The number of aryl methyl sites for hydroxylation is 1. The molecule has 4 heterocycles. The largest absolute Gasteiger partial charge is 0.332 e. The molecule has 9 heteroatoms. The lowest BCUT2D eigenvalue weighted by atomic mass is 10.3. The number of nitrogens with zero attached hydrogens (tertiary/aromatic N) is 5. The molecule has 4 rings (SSSR count). The highest BCUT2D eigenvalue weighted by Crippen LogP contribution is 2.21. The Balaban J connectivity index is 1.98. The molecule has 0 atom stereocenters. The Morgan fingerprint density at radius 1 is 1.27 bits per heavy atom. The van der Waals surface area contributed by atoms with Crippen LogP contribution in [0.25, 0.3) is 11.2 Å². The van der Waals surface area contributed by atoms with E-state index in [1.807, 2.05) is 17.5 Å². The molecule has 1 N–H and O–H groups in total. The fourth-order valence-corrected chi connectivity index (χ4v) is 3.27. The van der Waals surface area contributed by atoms with Crippen LogP contribution in [0.3, 0.4) is 0 Å². The third kappa shape index (κ3) is 1.62. The maximum atomic E-state index is 12.5. The molecule has 3 aromatic rings. The molecule has 3 aromatic heterocycles. The molecule has 112 valence electrons. The van der Waals surface area contributed by atoms with Crippen LogP contribution < -0.4 is 16.7 Å². The molecule has 0 saturated carbocycles. The number of rotatable bonds is 1. The standard InChI is InChI=1S/C13H12N6O2S/c1-17-10-9(11(20)18(2)13(17)21)19-6-7(8-4-3-5-22-8)15-16-12(19)14-10/h3-5H,6H2,1-2H3,(H,14,16). The lowest BCUT2D eigenvalue weighted by molar-refractivity contribution is 0.704. The van der Waals surface area contributed by atoms with Gasteiger partial charge in [0.25, 0.3) is 5.56 Å². The molecule has 0 fully saturated rings. The van der Waals surface area contributed by atoms with Crippen molar-refractivity contribution in [3.8, 4) is 0 Å². The zero-order chi connectivity index (χ0) is 15.4. The van der Waals surface area contributed by atoms with Crippen LogP contribution in [0.5, 0.6) is 0 Å². The predicted molar refractivity (Wildman–Crippen MR) is 84.7 cm³/mol. The summed E-state index contributed by atoms with van der Waals surface area (Å²) in [6.07, 6.45) is 0. The molecule has 0 amide bonds. The van der Waals surface area contributed by atoms with Crippen LogP contribution in [0.4, 0.5) is 5.95 Å². The first-order valence-corrected chi connectivity index (χ1v) is 7.48. The Morgan fingerprint density at radius 3 is 2.82 bits per heavy atom. The summed E-state index contributed by atoms with van der Waals surface area (Å²) >= 11 is 1.58. The van der Waals surface area contributed by atoms with E-state index in [2.05, 4.69) is 15.5 Å². The fourth-order valence-electron chi connectivity index (χ4n) is 2.56. The van der Waals surface area contributed by atoms with E-state index in [-0.39, 0.29) is 5.56 Å². The number of imidazole rings is 1. The van der Waals surface area contributed by atoms with Crippen LogP contribution in [0, 0.1) is 0 Å². The van der Waals surface area contributed by atoms with E-state index >= 15 is 0 Å². The molecule has 0 aliphatic carbocycles. The number of hydrogen-bond acceptors (Lipinski definition) is 6. The van der Waals surface area contributed by atoms with Crippen molar-refractivity contribution < 1.29 is 0 Å². The summed E-state index contributed by atoms with van der Waals surface area (Å²) in [4.78, 5) is 29.8. The van der Waals surface area contributed by atoms with Gasteiger partial charge in [-0.15, -0.1) is 11.3 Å². The Labute approximate surface area is 128 Å². The first-order valence-electron chi connectivity index (χ1n) is 6.60. The molecule has 0 spiro atoms. The second-order valence-electron chi connectivity index (χ2n) is 5.05. The van der Waals surface area contributed by atoms with E-state index < -0.39 is 5.69 Å². The zero-order valence-electron chi connectivity index (χ0n) is 11.9. The van der Waals surface area contributed by atoms with Gasteiger partial charge < -0.3 is 0 Å². The topological polar surface area (TPSA) is 86.2 Å². The number of hydrazone groups is 1. The van der Waals surface area contributed by atoms with Crippen LogP contribution >= 0.6 is 11.3 Å². The second kappa shape index (κ2) is 4.41. The van der Waals surface area contributed by atoms with Gasteiger partial charge in [0.2, 0.25) is 5.95 Å². The lowest BCUT2D eigenvalue weighted by Gasteiger charge is -2.15. The van der Waals surface area contributed by atoms with Crippen molar-refractivity contribution in [3.05, 3.63) is 43.2 Å². The van der Waals surface area contributed by atoms with Gasteiger partial charge in [0.15, 0.2) is 11.2 Å². The van der Waals surface area contributed by atoms with E-state index in [0.29, 0.717) is 23.7 Å². The van der Waals surface area contributed by atoms with Crippen molar-refractivity contribution in [2.45, 2.75) is 6.54 Å². The molecule has 1 aliphatic heterocycles. The molecule has 0 unspecified atom stereocenters. The molecule has 8 nitrogen and oxygen atoms in total. The summed E-state index contributed by atoms with van der Waals surface area (Å²) in [5, 5.41) is 6.28. The summed E-state index contributed by atoms with van der Waals surface area (Å²) in [5.41, 5.74) is 3.71. The van der Waals surface area contributed by atoms with Crippen molar-refractivity contribution in [1.29, 1.82) is 0 Å². The maximum absolute atomic E-state index is 12.5. The maximum Gasteiger partial charge on any atom is 0.332 e. The predicted octanol–water partition coefficient (Wildman–Crippen LogP) is 0.325. The van der Waals surface area contributed by atoms with E-state index in [9.17, 15) is 9.59 Å². The van der Waals surface area contributed by atoms with Gasteiger partial charge in [-0.05, 0) is 11.4 Å². The lowest BCUT2D eigenvalue weighted by Crippen LogP contribution is -2.37. The average molecular weight is 316 g/mol. The summed E-state index contributed by atoms with van der Waals surface area (Å²) < 4.78 is 4.22. The summed E-state index contributed by atoms with van der Waals surface area (Å²) in [6.45, 7) is 0.437. The van der Waals surface area contributed by atoms with E-state index in [0.717, 1.165) is 15.2 Å². The first kappa shape index (κ1) is 13.0. The normalized spacial score (nSPS) is 13.8. The van der Waals surface area contributed by atoms with Gasteiger partial charge in [0, 0.05) is 14.1 Å². The molecule has 0 aromatic carbocycles. The first-order chi connectivity index (χ1) is 10.6. The van der Waals surface area contributed by atoms with E-state index in [1.165, 1.54) is 11.6 Å². The van der Waals surface area contributed by atoms with Crippen LogP contribution in [-0.2, 0) is 20.6 Å². The molecule has 0 bridgehead atoms. The van der Waals surface area contributed by atoms with Gasteiger partial charge in [-0.3, -0.25) is 18.5 Å². The fraction of sp³-hybridized carbons (Fsp3) is 0.231. The monoisotopic (exact) mass is 316 g/mol. The summed E-state index contributed by atoms with van der Waals surface area (Å²) in [7, 11) is 3.07. The second-order valence-corrected chi connectivity index (χ2v) is 5.99. The van der Waals surface area contributed by atoms with Crippen molar-refractivity contribution in [3.63, 3.8) is 0 Å². The highest BCUT2D eigenvalue weighted by Gasteiger charge is 2.23. The Hall–Kier alpha value is -2.68. The number of anilines is 1. The third-order valence-electron chi connectivity index (χ3n) is 3.75. The Kier molecular flexibility index (Phi) is 2.61. The Bertz CT molecular complexity index is 1040. The number of nitrogens with one attached hydrogen (secondary N) is 1. The van der Waals surface area contributed by atoms with Crippen molar-refractivity contribution in [2.24, 2.45) is 19.2 Å². The van der Waals surface area contributed by atoms with Gasteiger partial charge in [-0.1, -0.05) is 6.07 Å². The van der Waals surface area contributed by atoms with Crippen LogP contribution in [0.1, 0.15) is 4.88 Å². The van der Waals surface area contributed by atoms with Crippen LogP contribution in [0.2, 0.25) is 0 Å². The minimum absolute atomic E-state index is 0.355. The van der Waals surface area contributed by atoms with Gasteiger partial charge in [0.1, 0.15) is 0 Å². The molecule has 0 radical (unpaired) electrons. The van der Waals surface area contributed by atoms with Crippen LogP contribution in [0.15, 0.2) is 32.2 Å². The summed E-state index contributed by atoms with van der Waals surface area (Å²) in [6, 6.07) is 3.93. The highest BCUT2D eigenvalue weighted by atomic mass is 32.1. The Morgan fingerprint density at radius 2 is 2.09 bits per heavy atom. The molecular weight excluding hydrogens is 304 g/mol. The number of hydrogen-bond donors (Lipinski definition) is 1. The zero-order valence-corrected chi connectivity index (χ0v) is 12.7. The number of thiophene rings is 1. The summed E-state index contributed by atoms with van der Waals surface area (Å²) in [5.74, 6) is 0.466. The highest BCUT2D eigenvalue weighted by molar-refractivity contribution is 7.12. The van der Waals surface area contributed by atoms with Crippen molar-refractivity contribution >= 4 is 34.2 Å². The molecule has 1 aliphatic rings. The van der Waals surface area contributed by atoms with Gasteiger partial charge in [-0.2, -0.15) is 10.1 Å². The minimum Gasteiger partial charge on any atom is -0.297 e. The number of aromatic nitrogens is 4. The number of fused-ring (bicyclic) bond motifs is 3. The van der Waals surface area contributed by atoms with E-state index in [4.69, 9.17) is 0 Å². The van der Waals surface area contributed by atoms with Gasteiger partial charge >= 0.3 is 5.69 Å². The molecular formula is C13H12N6O2S. The minimum atomic E-state index is -0.396. The smallest absolute Gasteiger partial charge is 0.297 e. The quantitative estimate of drug-likeness (QED) is 0.701. The van der Waals surface area contributed by atoms with Gasteiger partial charge in [-0.25, -0.2) is 10.2 Å². The van der Waals surface area contributed by atoms with Gasteiger partial charge in [0.05, 0.1) is 17.1 Å². The van der Waals surface area contributed by atoms with E-state index in [1.54, 1.807) is 23.0 Å². The van der Waals surface area contributed by atoms with Crippen molar-refractivity contribution in [2.75, 3.05) is 5.43 Å². The van der Waals surface area contributed by atoms with Crippen molar-refractivity contribution in [1.82, 2.24) is 18.7 Å². The molecule has 0 saturated heterocycles. The average Bonchev–Trinajstić information content (AvgIpc) is 3.17.